The Kier molecular flexibility index (Phi) is 3.57. The van der Waals surface area contributed by atoms with Crippen LogP contribution in [0.1, 0.15) is 39.0 Å². The lowest BCUT2D eigenvalue weighted by atomic mass is 10.2. The Hall–Kier alpha value is -0.370. The molecule has 0 aromatic heterocycles. The molecule has 64 valence electrons. The first-order valence-corrected chi connectivity index (χ1v) is 4.58. The fraction of sp³-hybridized carbons (Fsp3) is 0.889. The molecule has 0 heterocycles. The van der Waals surface area contributed by atoms with Gasteiger partial charge in [0.05, 0.1) is 0 Å². The van der Waals surface area contributed by atoms with Gasteiger partial charge in [-0.05, 0) is 19.3 Å². The first kappa shape index (κ1) is 8.72. The van der Waals surface area contributed by atoms with Gasteiger partial charge in [-0.1, -0.05) is 6.92 Å². The third-order valence-corrected chi connectivity index (χ3v) is 1.94. The van der Waals surface area contributed by atoms with E-state index in [0.717, 1.165) is 31.8 Å². The summed E-state index contributed by atoms with van der Waals surface area (Å²) in [5.74, 6) is 0.403. The van der Waals surface area contributed by atoms with E-state index in [0.29, 0.717) is 5.78 Å². The van der Waals surface area contributed by atoms with Crippen LogP contribution >= 0.6 is 0 Å². The molecule has 0 saturated heterocycles. The van der Waals surface area contributed by atoms with Crippen LogP contribution in [0.5, 0.6) is 0 Å². The minimum absolute atomic E-state index is 0.403. The van der Waals surface area contributed by atoms with E-state index in [1.54, 1.807) is 0 Å². The summed E-state index contributed by atoms with van der Waals surface area (Å²) in [7, 11) is 0. The highest BCUT2D eigenvalue weighted by Crippen LogP contribution is 2.18. The Labute approximate surface area is 68.4 Å². The second-order valence-electron chi connectivity index (χ2n) is 3.27. The average molecular weight is 155 g/mol. The molecule has 0 radical (unpaired) electrons. The number of hydrogen-bond donors (Lipinski definition) is 1. The van der Waals surface area contributed by atoms with Crippen molar-refractivity contribution in [3.8, 4) is 0 Å². The lowest BCUT2D eigenvalue weighted by Crippen LogP contribution is -2.19. The smallest absolute Gasteiger partial charge is 0.134 e. The van der Waals surface area contributed by atoms with Crippen LogP contribution in [0.4, 0.5) is 0 Å². The molecule has 0 atom stereocenters. The SMILES string of the molecule is CCCC(=O)CCNC1CC1. The summed E-state index contributed by atoms with van der Waals surface area (Å²) in [6.07, 6.45) is 5.09. The highest BCUT2D eigenvalue weighted by molar-refractivity contribution is 5.78. The van der Waals surface area contributed by atoms with Crippen LogP contribution in [0.25, 0.3) is 0 Å². The van der Waals surface area contributed by atoms with Gasteiger partial charge in [0.25, 0.3) is 0 Å². The fourth-order valence-corrected chi connectivity index (χ4v) is 1.11. The molecule has 0 aromatic carbocycles. The van der Waals surface area contributed by atoms with Crippen LogP contribution < -0.4 is 5.32 Å². The molecule has 0 bridgehead atoms. The second-order valence-corrected chi connectivity index (χ2v) is 3.27. The Balaban J connectivity index is 1.88. The first-order valence-electron chi connectivity index (χ1n) is 4.58. The highest BCUT2D eigenvalue weighted by atomic mass is 16.1. The van der Waals surface area contributed by atoms with Crippen molar-refractivity contribution >= 4 is 5.78 Å². The number of nitrogens with one attached hydrogen (secondary N) is 1. The van der Waals surface area contributed by atoms with Gasteiger partial charge in [0, 0.05) is 25.4 Å². The summed E-state index contributed by atoms with van der Waals surface area (Å²) in [4.78, 5) is 11.0. The highest BCUT2D eigenvalue weighted by Gasteiger charge is 2.19. The number of Topliss-reactive ketones (excluding diaryl/α,β-unsaturated/α-hetero) is 1. The maximum absolute atomic E-state index is 11.0. The number of hydrogen-bond acceptors (Lipinski definition) is 2. The van der Waals surface area contributed by atoms with E-state index in [9.17, 15) is 4.79 Å². The summed E-state index contributed by atoms with van der Waals surface area (Å²) in [5.41, 5.74) is 0. The quantitative estimate of drug-likeness (QED) is 0.629. The number of carbonyl (C=O) groups is 1. The summed E-state index contributed by atoms with van der Waals surface area (Å²) in [6, 6.07) is 0.740. The van der Waals surface area contributed by atoms with Gasteiger partial charge in [-0.25, -0.2) is 0 Å². The van der Waals surface area contributed by atoms with E-state index in [-0.39, 0.29) is 0 Å². The Morgan fingerprint density at radius 3 is 2.73 bits per heavy atom. The lowest BCUT2D eigenvalue weighted by Gasteiger charge is -2.00. The maximum Gasteiger partial charge on any atom is 0.134 e. The van der Waals surface area contributed by atoms with Gasteiger partial charge in [0.2, 0.25) is 0 Å². The molecule has 2 heteroatoms. The van der Waals surface area contributed by atoms with E-state index in [2.05, 4.69) is 5.32 Å². The summed E-state index contributed by atoms with van der Waals surface area (Å²) >= 11 is 0. The van der Waals surface area contributed by atoms with Crippen molar-refractivity contribution < 1.29 is 4.79 Å². The van der Waals surface area contributed by atoms with Crippen molar-refractivity contribution in [1.29, 1.82) is 0 Å². The molecule has 0 unspecified atom stereocenters. The number of rotatable bonds is 6. The molecule has 1 rings (SSSR count). The van der Waals surface area contributed by atoms with E-state index in [1.807, 2.05) is 6.92 Å². The van der Waals surface area contributed by atoms with Gasteiger partial charge in [0.1, 0.15) is 5.78 Å². The van der Waals surface area contributed by atoms with Crippen LogP contribution in [0.15, 0.2) is 0 Å². The van der Waals surface area contributed by atoms with Gasteiger partial charge >= 0.3 is 0 Å². The molecular weight excluding hydrogens is 138 g/mol. The third kappa shape index (κ3) is 4.14. The molecular formula is C9H17NO. The summed E-state index contributed by atoms with van der Waals surface area (Å²) in [6.45, 7) is 2.94. The predicted molar refractivity (Wildman–Crippen MR) is 45.6 cm³/mol. The monoisotopic (exact) mass is 155 g/mol. The van der Waals surface area contributed by atoms with Gasteiger partial charge in [-0.2, -0.15) is 0 Å². The predicted octanol–water partition coefficient (Wildman–Crippen LogP) is 1.50. The van der Waals surface area contributed by atoms with E-state index in [4.69, 9.17) is 0 Å². The summed E-state index contributed by atoms with van der Waals surface area (Å²) < 4.78 is 0. The second kappa shape index (κ2) is 4.50. The van der Waals surface area contributed by atoms with Gasteiger partial charge in [0.15, 0.2) is 0 Å². The van der Waals surface area contributed by atoms with Crippen molar-refractivity contribution in [1.82, 2.24) is 5.32 Å². The Morgan fingerprint density at radius 2 is 2.18 bits per heavy atom. The minimum Gasteiger partial charge on any atom is -0.314 e. The zero-order valence-corrected chi connectivity index (χ0v) is 7.23. The molecule has 2 nitrogen and oxygen atoms in total. The first-order chi connectivity index (χ1) is 5.33. The maximum atomic E-state index is 11.0. The zero-order valence-electron chi connectivity index (χ0n) is 7.23. The van der Waals surface area contributed by atoms with Crippen LogP contribution in [-0.2, 0) is 4.79 Å². The number of carbonyl (C=O) groups excluding carboxylic acids is 1. The van der Waals surface area contributed by atoms with E-state index < -0.39 is 0 Å². The van der Waals surface area contributed by atoms with Crippen molar-refractivity contribution in [2.75, 3.05) is 6.54 Å². The van der Waals surface area contributed by atoms with Crippen LogP contribution in [-0.4, -0.2) is 18.4 Å². The van der Waals surface area contributed by atoms with Crippen molar-refractivity contribution in [2.24, 2.45) is 0 Å². The zero-order chi connectivity index (χ0) is 8.10. The largest absolute Gasteiger partial charge is 0.314 e. The average Bonchev–Trinajstić information content (AvgIpc) is 2.72. The Bertz CT molecular complexity index is 130. The van der Waals surface area contributed by atoms with Gasteiger partial charge in [-0.3, -0.25) is 4.79 Å². The molecule has 1 aliphatic rings. The normalized spacial score (nSPS) is 16.8. The molecule has 0 aromatic rings. The molecule has 1 saturated carbocycles. The van der Waals surface area contributed by atoms with E-state index >= 15 is 0 Å². The van der Waals surface area contributed by atoms with Gasteiger partial charge < -0.3 is 5.32 Å². The number of ketones is 1. The van der Waals surface area contributed by atoms with Gasteiger partial charge in [-0.15, -0.1) is 0 Å². The Morgan fingerprint density at radius 1 is 1.45 bits per heavy atom. The van der Waals surface area contributed by atoms with Crippen molar-refractivity contribution in [3.05, 3.63) is 0 Å². The van der Waals surface area contributed by atoms with Crippen molar-refractivity contribution in [3.63, 3.8) is 0 Å². The molecule has 1 fully saturated rings. The molecule has 0 amide bonds. The molecule has 0 aliphatic heterocycles. The molecule has 0 spiro atoms. The van der Waals surface area contributed by atoms with Crippen molar-refractivity contribution in [2.45, 2.75) is 45.1 Å². The van der Waals surface area contributed by atoms with Crippen LogP contribution in [0.2, 0.25) is 0 Å². The molecule has 1 N–H and O–H groups in total. The van der Waals surface area contributed by atoms with Crippen LogP contribution in [0.3, 0.4) is 0 Å². The summed E-state index contributed by atoms with van der Waals surface area (Å²) in [5, 5.41) is 3.33. The topological polar surface area (TPSA) is 29.1 Å². The third-order valence-electron chi connectivity index (χ3n) is 1.94. The lowest BCUT2D eigenvalue weighted by molar-refractivity contribution is -0.119. The standard InChI is InChI=1S/C9H17NO/c1-2-3-9(11)6-7-10-8-4-5-8/h8,10H,2-7H2,1H3. The minimum atomic E-state index is 0.403. The molecule has 1 aliphatic carbocycles. The van der Waals surface area contributed by atoms with Crippen LogP contribution in [0, 0.1) is 0 Å². The fourth-order valence-electron chi connectivity index (χ4n) is 1.11. The molecule has 11 heavy (non-hydrogen) atoms. The van der Waals surface area contributed by atoms with E-state index in [1.165, 1.54) is 12.8 Å².